The number of rotatable bonds is 5. The molecule has 0 aliphatic carbocycles. The normalized spacial score (nSPS) is 11.0. The van der Waals surface area contributed by atoms with Gasteiger partial charge in [-0.25, -0.2) is 0 Å². The fourth-order valence-corrected chi connectivity index (χ4v) is 1.49. The van der Waals surface area contributed by atoms with E-state index in [9.17, 15) is 0 Å². The molecule has 1 aromatic heterocycles. The van der Waals surface area contributed by atoms with Gasteiger partial charge in [-0.15, -0.1) is 11.6 Å². The Morgan fingerprint density at radius 3 is 2.71 bits per heavy atom. The van der Waals surface area contributed by atoms with Gasteiger partial charge in [-0.1, -0.05) is 5.16 Å². The van der Waals surface area contributed by atoms with Crippen molar-refractivity contribution >= 4 is 28.8 Å². The summed E-state index contributed by atoms with van der Waals surface area (Å²) in [5.74, 6) is 0.534. The topological polar surface area (TPSA) is 137 Å². The van der Waals surface area contributed by atoms with Crippen molar-refractivity contribution < 1.29 is 4.52 Å². The van der Waals surface area contributed by atoms with Crippen molar-refractivity contribution in [3.8, 4) is 17.5 Å². The maximum atomic E-state index is 8.71. The molecule has 0 saturated carbocycles. The highest BCUT2D eigenvalue weighted by Gasteiger charge is 2.07. The highest BCUT2D eigenvalue weighted by atomic mass is 35.5. The van der Waals surface area contributed by atoms with Crippen molar-refractivity contribution in [2.24, 2.45) is 10.8 Å². The third-order valence-corrected chi connectivity index (χ3v) is 2.61. The van der Waals surface area contributed by atoms with Gasteiger partial charge in [-0.3, -0.25) is 10.8 Å². The van der Waals surface area contributed by atoms with E-state index in [0.29, 0.717) is 17.4 Å². The fourth-order valence-electron chi connectivity index (χ4n) is 1.39. The van der Waals surface area contributed by atoms with Crippen molar-refractivity contribution in [2.45, 2.75) is 5.88 Å². The van der Waals surface area contributed by atoms with Gasteiger partial charge >= 0.3 is 0 Å². The van der Waals surface area contributed by atoms with E-state index < -0.39 is 5.84 Å². The quantitative estimate of drug-likeness (QED) is 0.333. The molecule has 0 aliphatic heterocycles. The van der Waals surface area contributed by atoms with Crippen molar-refractivity contribution in [3.63, 3.8) is 0 Å². The number of benzene rings is 1. The van der Waals surface area contributed by atoms with Crippen LogP contribution in [-0.2, 0) is 5.88 Å². The number of nitriles is 1. The van der Waals surface area contributed by atoms with Gasteiger partial charge in [0.1, 0.15) is 11.9 Å². The molecule has 0 spiro atoms. The molecule has 21 heavy (non-hydrogen) atoms. The van der Waals surface area contributed by atoms with E-state index in [2.05, 4.69) is 20.7 Å². The van der Waals surface area contributed by atoms with E-state index in [4.69, 9.17) is 32.5 Å². The van der Waals surface area contributed by atoms with Crippen LogP contribution in [0.15, 0.2) is 33.9 Å². The molecule has 0 unspecified atom stereocenters. The molecule has 9 heteroatoms. The van der Waals surface area contributed by atoms with E-state index in [-0.39, 0.29) is 11.6 Å². The molecule has 2 aromatic rings. The van der Waals surface area contributed by atoms with E-state index in [1.165, 1.54) is 0 Å². The van der Waals surface area contributed by atoms with Crippen LogP contribution in [0.4, 0.5) is 5.69 Å². The van der Waals surface area contributed by atoms with Crippen LogP contribution >= 0.6 is 11.6 Å². The van der Waals surface area contributed by atoms with Gasteiger partial charge in [0.2, 0.25) is 17.4 Å². The van der Waals surface area contributed by atoms with Crippen LogP contribution in [-0.4, -0.2) is 21.7 Å². The van der Waals surface area contributed by atoms with E-state index >= 15 is 0 Å². The van der Waals surface area contributed by atoms with Gasteiger partial charge in [0.25, 0.3) is 0 Å². The van der Waals surface area contributed by atoms with Gasteiger partial charge in [0.05, 0.1) is 5.69 Å². The zero-order chi connectivity index (χ0) is 15.2. The highest BCUT2D eigenvalue weighted by Crippen LogP contribution is 2.19. The highest BCUT2D eigenvalue weighted by molar-refractivity contribution is 6.45. The van der Waals surface area contributed by atoms with Crippen molar-refractivity contribution in [2.75, 3.05) is 5.43 Å². The summed E-state index contributed by atoms with van der Waals surface area (Å²) in [5, 5.41) is 23.4. The van der Waals surface area contributed by atoms with E-state index in [1.54, 1.807) is 30.3 Å². The molecule has 1 heterocycles. The Bertz CT molecular complexity index is 714. The Hall–Kier alpha value is -2.92. The molecule has 2 rings (SSSR count). The lowest BCUT2D eigenvalue weighted by molar-refractivity contribution is 0.391. The van der Waals surface area contributed by atoms with Crippen molar-refractivity contribution in [1.82, 2.24) is 10.1 Å². The lowest BCUT2D eigenvalue weighted by Gasteiger charge is -2.01. The first kappa shape index (κ1) is 14.5. The first-order valence-corrected chi connectivity index (χ1v) is 6.24. The molecule has 0 amide bonds. The second-order valence-corrected chi connectivity index (χ2v) is 4.09. The maximum absolute atomic E-state index is 8.71. The van der Waals surface area contributed by atoms with Gasteiger partial charge in [-0.05, 0) is 24.3 Å². The Balaban J connectivity index is 2.12. The minimum Gasteiger partial charge on any atom is -0.382 e. The third kappa shape index (κ3) is 3.55. The van der Waals surface area contributed by atoms with Crippen LogP contribution in [0.2, 0.25) is 0 Å². The molecule has 106 valence electrons. The average Bonchev–Trinajstić information content (AvgIpc) is 2.97. The number of nitrogens with zero attached hydrogens (tertiary/aromatic N) is 4. The summed E-state index contributed by atoms with van der Waals surface area (Å²) in [7, 11) is 0. The van der Waals surface area contributed by atoms with Crippen LogP contribution in [0.1, 0.15) is 5.89 Å². The van der Waals surface area contributed by atoms with Crippen molar-refractivity contribution in [1.29, 1.82) is 10.7 Å². The van der Waals surface area contributed by atoms with E-state index in [0.717, 1.165) is 5.56 Å². The Morgan fingerprint density at radius 2 is 2.19 bits per heavy atom. The summed E-state index contributed by atoms with van der Waals surface area (Å²) in [5.41, 5.74) is 8.99. The number of nitrogens with two attached hydrogens (primary N) is 1. The van der Waals surface area contributed by atoms with Gasteiger partial charge in [0.15, 0.2) is 5.84 Å². The maximum Gasteiger partial charge on any atom is 0.241 e. The fraction of sp³-hybridized carbons (Fsp3) is 0.0833. The van der Waals surface area contributed by atoms with Crippen LogP contribution in [0.25, 0.3) is 11.4 Å². The summed E-state index contributed by atoms with van der Waals surface area (Å²) in [6.07, 6.45) is 0. The number of hydrazone groups is 1. The van der Waals surface area contributed by atoms with Crippen LogP contribution in [0.5, 0.6) is 0 Å². The molecule has 0 atom stereocenters. The number of nitrogens with one attached hydrogen (secondary N) is 2. The van der Waals surface area contributed by atoms with Gasteiger partial charge in [0, 0.05) is 5.56 Å². The summed E-state index contributed by atoms with van der Waals surface area (Å²) in [4.78, 5) is 4.09. The van der Waals surface area contributed by atoms with E-state index in [1.807, 2.05) is 0 Å². The first-order chi connectivity index (χ1) is 10.1. The van der Waals surface area contributed by atoms with Gasteiger partial charge in [-0.2, -0.15) is 15.3 Å². The van der Waals surface area contributed by atoms with Crippen LogP contribution in [0.3, 0.4) is 0 Å². The summed E-state index contributed by atoms with van der Waals surface area (Å²) >= 11 is 5.59. The number of halogens is 1. The monoisotopic (exact) mass is 303 g/mol. The molecule has 0 fully saturated rings. The van der Waals surface area contributed by atoms with Crippen LogP contribution < -0.4 is 11.2 Å². The summed E-state index contributed by atoms with van der Waals surface area (Å²) in [6.45, 7) is 0. The predicted octanol–water partition coefficient (Wildman–Crippen LogP) is 1.70. The number of hydrogen-bond acceptors (Lipinski definition) is 7. The number of aromatic nitrogens is 2. The first-order valence-electron chi connectivity index (χ1n) is 5.71. The summed E-state index contributed by atoms with van der Waals surface area (Å²) in [6, 6.07) is 8.64. The molecule has 0 bridgehead atoms. The average molecular weight is 304 g/mol. The third-order valence-electron chi connectivity index (χ3n) is 2.38. The Morgan fingerprint density at radius 1 is 1.48 bits per heavy atom. The molecule has 0 aliphatic rings. The molecule has 4 N–H and O–H groups in total. The second-order valence-electron chi connectivity index (χ2n) is 3.82. The summed E-state index contributed by atoms with van der Waals surface area (Å²) < 4.78 is 4.91. The molecule has 1 aromatic carbocycles. The minimum absolute atomic E-state index is 0.156. The SMILES string of the molecule is N#C/C(=N\Nc1ccc(-c2noc(CCl)n2)cc1)C(=N)N. The zero-order valence-electron chi connectivity index (χ0n) is 10.7. The second kappa shape index (κ2) is 6.49. The largest absolute Gasteiger partial charge is 0.382 e. The molecular weight excluding hydrogens is 294 g/mol. The standard InChI is InChI=1S/C12H10ClN7O/c13-5-10-17-12(20-21-10)7-1-3-8(4-2-7)18-19-9(6-14)11(15)16/h1-4,18H,5H2,(H3,15,16)/b19-9+. The molecule has 8 nitrogen and oxygen atoms in total. The number of amidine groups is 1. The molecular formula is C12H10ClN7O. The Kier molecular flexibility index (Phi) is 4.48. The smallest absolute Gasteiger partial charge is 0.241 e. The molecule has 0 radical (unpaired) electrons. The molecule has 0 saturated heterocycles. The Labute approximate surface area is 124 Å². The number of anilines is 1. The van der Waals surface area contributed by atoms with Crippen LogP contribution in [0, 0.1) is 16.7 Å². The lowest BCUT2D eigenvalue weighted by Crippen LogP contribution is -2.21. The van der Waals surface area contributed by atoms with Crippen molar-refractivity contribution in [3.05, 3.63) is 30.2 Å². The number of alkyl halides is 1. The predicted molar refractivity (Wildman–Crippen MR) is 77.9 cm³/mol. The zero-order valence-corrected chi connectivity index (χ0v) is 11.4. The van der Waals surface area contributed by atoms with Gasteiger partial charge < -0.3 is 10.3 Å². The lowest BCUT2D eigenvalue weighted by atomic mass is 10.2. The minimum atomic E-state index is -0.401. The number of hydrogen-bond donors (Lipinski definition) is 3.